The van der Waals surface area contributed by atoms with Crippen molar-refractivity contribution in [3.8, 4) is 0 Å². The summed E-state index contributed by atoms with van der Waals surface area (Å²) in [6.07, 6.45) is 4.28. The van der Waals surface area contributed by atoms with Gasteiger partial charge in [0.25, 0.3) is 0 Å². The van der Waals surface area contributed by atoms with Gasteiger partial charge in [-0.2, -0.15) is 0 Å². The Kier molecular flexibility index (Phi) is 2.89. The number of carbonyl (C=O) groups excluding carboxylic acids is 1. The average Bonchev–Trinajstić information content (AvgIpc) is 2.00. The predicted molar refractivity (Wildman–Crippen MR) is 49.8 cm³/mol. The third-order valence-corrected chi connectivity index (χ3v) is 3.30. The molecule has 0 aromatic heterocycles. The molecule has 0 saturated heterocycles. The summed E-state index contributed by atoms with van der Waals surface area (Å²) >= 11 is 0. The Morgan fingerprint density at radius 1 is 1.58 bits per heavy atom. The van der Waals surface area contributed by atoms with Crippen LogP contribution in [0.15, 0.2) is 0 Å². The van der Waals surface area contributed by atoms with Gasteiger partial charge in [-0.1, -0.05) is 20.3 Å². The van der Waals surface area contributed by atoms with Gasteiger partial charge in [0, 0.05) is 17.9 Å². The molecule has 1 unspecified atom stereocenters. The summed E-state index contributed by atoms with van der Waals surface area (Å²) in [4.78, 5) is 11.8. The van der Waals surface area contributed by atoms with Gasteiger partial charge < -0.3 is 5.73 Å². The van der Waals surface area contributed by atoms with Crippen molar-refractivity contribution in [3.05, 3.63) is 0 Å². The van der Waals surface area contributed by atoms with Crippen molar-refractivity contribution in [2.75, 3.05) is 6.54 Å². The van der Waals surface area contributed by atoms with E-state index in [-0.39, 0.29) is 5.41 Å². The molecule has 0 bridgehead atoms. The number of rotatable bonds is 4. The van der Waals surface area contributed by atoms with E-state index in [1.807, 2.05) is 13.8 Å². The third kappa shape index (κ3) is 1.53. The van der Waals surface area contributed by atoms with Gasteiger partial charge in [0.1, 0.15) is 5.78 Å². The van der Waals surface area contributed by atoms with Crippen molar-refractivity contribution in [1.82, 2.24) is 0 Å². The van der Waals surface area contributed by atoms with Crippen molar-refractivity contribution in [2.24, 2.45) is 17.1 Å². The van der Waals surface area contributed by atoms with Crippen LogP contribution in [0.2, 0.25) is 0 Å². The molecule has 2 N–H and O–H groups in total. The largest absolute Gasteiger partial charge is 0.329 e. The molecule has 1 rings (SSSR count). The summed E-state index contributed by atoms with van der Waals surface area (Å²) < 4.78 is 0. The van der Waals surface area contributed by atoms with Crippen LogP contribution in [0.3, 0.4) is 0 Å². The van der Waals surface area contributed by atoms with E-state index in [1.54, 1.807) is 0 Å². The highest BCUT2D eigenvalue weighted by Crippen LogP contribution is 2.35. The van der Waals surface area contributed by atoms with Gasteiger partial charge in [-0.3, -0.25) is 4.79 Å². The van der Waals surface area contributed by atoms with Crippen molar-refractivity contribution in [3.63, 3.8) is 0 Å². The van der Waals surface area contributed by atoms with Crippen molar-refractivity contribution < 1.29 is 4.79 Å². The van der Waals surface area contributed by atoms with Crippen LogP contribution in [0.4, 0.5) is 0 Å². The zero-order valence-electron chi connectivity index (χ0n) is 8.10. The summed E-state index contributed by atoms with van der Waals surface area (Å²) in [5, 5.41) is 0. The van der Waals surface area contributed by atoms with Gasteiger partial charge in [0.2, 0.25) is 0 Å². The number of hydrogen-bond acceptors (Lipinski definition) is 2. The lowest BCUT2D eigenvalue weighted by molar-refractivity contribution is -0.134. The second-order valence-electron chi connectivity index (χ2n) is 4.11. The van der Waals surface area contributed by atoms with E-state index < -0.39 is 0 Å². The highest BCUT2D eigenvalue weighted by Gasteiger charge is 2.37. The van der Waals surface area contributed by atoms with Crippen LogP contribution in [-0.2, 0) is 4.79 Å². The molecule has 2 nitrogen and oxygen atoms in total. The molecule has 0 aromatic rings. The normalized spacial score (nSPS) is 22.9. The highest BCUT2D eigenvalue weighted by molar-refractivity contribution is 5.87. The Labute approximate surface area is 74.5 Å². The Balaban J connectivity index is 2.58. The van der Waals surface area contributed by atoms with E-state index in [0.29, 0.717) is 18.2 Å². The number of hydrogen-bond donors (Lipinski definition) is 1. The molecule has 1 aliphatic rings. The minimum absolute atomic E-state index is 0.245. The quantitative estimate of drug-likeness (QED) is 0.696. The minimum Gasteiger partial charge on any atom is -0.329 e. The summed E-state index contributed by atoms with van der Waals surface area (Å²) in [6, 6.07) is 0. The molecule has 0 amide bonds. The molecule has 1 saturated carbocycles. The van der Waals surface area contributed by atoms with Crippen LogP contribution in [0.1, 0.15) is 39.5 Å². The Bertz CT molecular complexity index is 169. The fraction of sp³-hybridized carbons (Fsp3) is 0.900. The molecule has 2 heteroatoms. The topological polar surface area (TPSA) is 43.1 Å². The predicted octanol–water partition coefficient (Wildman–Crippen LogP) is 1.73. The van der Waals surface area contributed by atoms with E-state index in [2.05, 4.69) is 0 Å². The molecular weight excluding hydrogens is 150 g/mol. The molecule has 1 atom stereocenters. The Morgan fingerprint density at radius 2 is 2.17 bits per heavy atom. The van der Waals surface area contributed by atoms with Gasteiger partial charge in [0.05, 0.1) is 0 Å². The van der Waals surface area contributed by atoms with Crippen molar-refractivity contribution >= 4 is 5.78 Å². The second kappa shape index (κ2) is 3.56. The first kappa shape index (κ1) is 9.72. The van der Waals surface area contributed by atoms with Crippen molar-refractivity contribution in [2.45, 2.75) is 39.5 Å². The van der Waals surface area contributed by atoms with Crippen LogP contribution >= 0.6 is 0 Å². The van der Waals surface area contributed by atoms with Gasteiger partial charge in [-0.25, -0.2) is 0 Å². The Hall–Kier alpha value is -0.370. The second-order valence-corrected chi connectivity index (χ2v) is 4.11. The van der Waals surface area contributed by atoms with Gasteiger partial charge in [0.15, 0.2) is 0 Å². The average molecular weight is 169 g/mol. The van der Waals surface area contributed by atoms with Gasteiger partial charge >= 0.3 is 0 Å². The lowest BCUT2D eigenvalue weighted by Gasteiger charge is -2.33. The summed E-state index contributed by atoms with van der Waals surface area (Å²) in [5.74, 6) is 0.734. The summed E-state index contributed by atoms with van der Waals surface area (Å²) in [5.41, 5.74) is 5.37. The number of carbonyl (C=O) groups is 1. The molecule has 0 aromatic carbocycles. The van der Waals surface area contributed by atoms with Crippen LogP contribution in [0, 0.1) is 11.3 Å². The Morgan fingerprint density at radius 3 is 2.42 bits per heavy atom. The number of ketones is 1. The van der Waals surface area contributed by atoms with E-state index in [4.69, 9.17) is 5.73 Å². The molecule has 0 aliphatic heterocycles. The molecule has 1 fully saturated rings. The van der Waals surface area contributed by atoms with E-state index in [9.17, 15) is 4.79 Å². The zero-order chi connectivity index (χ0) is 9.19. The van der Waals surface area contributed by atoms with E-state index >= 15 is 0 Å². The van der Waals surface area contributed by atoms with Crippen LogP contribution < -0.4 is 5.73 Å². The molecule has 12 heavy (non-hydrogen) atoms. The summed E-state index contributed by atoms with van der Waals surface area (Å²) in [6.45, 7) is 4.54. The molecule has 70 valence electrons. The molecule has 1 aliphatic carbocycles. The first-order valence-corrected chi connectivity index (χ1v) is 4.88. The number of Topliss-reactive ketones (excluding diaryl/α,β-unsaturated/α-hetero) is 1. The first-order chi connectivity index (χ1) is 5.64. The smallest absolute Gasteiger partial charge is 0.143 e. The standard InChI is InChI=1S/C10H19NO/c1-3-10(2,7-11)9(12)8-5-4-6-8/h8H,3-7,11H2,1-2H3. The highest BCUT2D eigenvalue weighted by atomic mass is 16.1. The molecule has 0 heterocycles. The fourth-order valence-electron chi connectivity index (χ4n) is 1.58. The maximum absolute atomic E-state index is 11.8. The van der Waals surface area contributed by atoms with Crippen LogP contribution in [-0.4, -0.2) is 12.3 Å². The lowest BCUT2D eigenvalue weighted by atomic mass is 9.70. The zero-order valence-corrected chi connectivity index (χ0v) is 8.10. The van der Waals surface area contributed by atoms with Gasteiger partial charge in [-0.15, -0.1) is 0 Å². The number of nitrogens with two attached hydrogens (primary N) is 1. The summed E-state index contributed by atoms with van der Waals surface area (Å²) in [7, 11) is 0. The first-order valence-electron chi connectivity index (χ1n) is 4.88. The van der Waals surface area contributed by atoms with Crippen LogP contribution in [0.25, 0.3) is 0 Å². The van der Waals surface area contributed by atoms with E-state index in [0.717, 1.165) is 19.3 Å². The van der Waals surface area contributed by atoms with E-state index in [1.165, 1.54) is 6.42 Å². The monoisotopic (exact) mass is 169 g/mol. The van der Waals surface area contributed by atoms with Gasteiger partial charge in [-0.05, 0) is 19.3 Å². The maximum atomic E-state index is 11.8. The molecular formula is C10H19NO. The molecule has 0 spiro atoms. The molecule has 0 radical (unpaired) electrons. The van der Waals surface area contributed by atoms with Crippen molar-refractivity contribution in [1.29, 1.82) is 0 Å². The fourth-order valence-corrected chi connectivity index (χ4v) is 1.58. The third-order valence-electron chi connectivity index (χ3n) is 3.30. The van der Waals surface area contributed by atoms with Crippen LogP contribution in [0.5, 0.6) is 0 Å². The minimum atomic E-state index is -0.245. The lowest BCUT2D eigenvalue weighted by Crippen LogP contribution is -2.41. The maximum Gasteiger partial charge on any atom is 0.143 e. The SMILES string of the molecule is CCC(C)(CN)C(=O)C1CCC1.